The molecule has 0 spiro atoms. The molecule has 1 aliphatic rings. The first-order chi connectivity index (χ1) is 24.7. The summed E-state index contributed by atoms with van der Waals surface area (Å²) in [5, 5.41) is 5.52. The van der Waals surface area contributed by atoms with Crippen LogP contribution in [0.1, 0.15) is 51.2 Å². The lowest BCUT2D eigenvalue weighted by Crippen LogP contribution is -2.69. The molecule has 1 saturated carbocycles. The third kappa shape index (κ3) is 11.5. The van der Waals surface area contributed by atoms with E-state index in [4.69, 9.17) is 49.0 Å². The summed E-state index contributed by atoms with van der Waals surface area (Å²) < 4.78 is 46.7. The van der Waals surface area contributed by atoms with Gasteiger partial charge in [-0.2, -0.15) is 4.72 Å². The molecule has 16 heteroatoms. The summed E-state index contributed by atoms with van der Waals surface area (Å²) in [7, 11) is -4.61. The highest BCUT2D eigenvalue weighted by atomic mass is 35.5. The van der Waals surface area contributed by atoms with Crippen molar-refractivity contribution in [3.63, 3.8) is 0 Å². The molecular formula is C36H43Cl3N4O8S. The number of amides is 3. The number of carbonyl (C=O) groups is 3. The molecule has 12 nitrogen and oxygen atoms in total. The van der Waals surface area contributed by atoms with Crippen LogP contribution in [0, 0.1) is 0 Å². The van der Waals surface area contributed by atoms with Crippen LogP contribution in [0.15, 0.2) is 77.7 Å². The molecule has 0 bridgehead atoms. The van der Waals surface area contributed by atoms with Gasteiger partial charge in [0.05, 0.1) is 11.6 Å². The molecule has 0 heterocycles. The Balaban J connectivity index is 1.69. The SMILES string of the molecule is CCOC(CN(C(=O)C(Cc1ccc(Cl)cc1)NC(=O)C(C)(NC(=O)OCc1ccccc1)NS(=O)(=O)c1ccc(Cl)cc1Cl)C1CCC1)OCC. The van der Waals surface area contributed by atoms with Crippen LogP contribution in [0.25, 0.3) is 0 Å². The zero-order chi connectivity index (χ0) is 37.9. The highest BCUT2D eigenvalue weighted by Crippen LogP contribution is 2.28. The molecule has 282 valence electrons. The van der Waals surface area contributed by atoms with Gasteiger partial charge in [-0.3, -0.25) is 14.9 Å². The largest absolute Gasteiger partial charge is 0.445 e. The van der Waals surface area contributed by atoms with Gasteiger partial charge in [0.2, 0.25) is 15.9 Å². The van der Waals surface area contributed by atoms with Crippen LogP contribution < -0.4 is 15.4 Å². The summed E-state index contributed by atoms with van der Waals surface area (Å²) in [6.07, 6.45) is 0.578. The maximum absolute atomic E-state index is 14.5. The number of benzene rings is 3. The summed E-state index contributed by atoms with van der Waals surface area (Å²) in [5.74, 6) is -1.50. The lowest BCUT2D eigenvalue weighted by atomic mass is 9.90. The monoisotopic (exact) mass is 796 g/mol. The lowest BCUT2D eigenvalue weighted by Gasteiger charge is -2.41. The number of nitrogens with zero attached hydrogens (tertiary/aromatic N) is 1. The molecule has 2 atom stereocenters. The second-order valence-electron chi connectivity index (χ2n) is 12.3. The summed E-state index contributed by atoms with van der Waals surface area (Å²) >= 11 is 18.4. The molecule has 2 unspecified atom stereocenters. The van der Waals surface area contributed by atoms with E-state index in [-0.39, 0.29) is 35.7 Å². The average molecular weight is 798 g/mol. The number of alkyl carbamates (subject to hydrolysis) is 1. The summed E-state index contributed by atoms with van der Waals surface area (Å²) in [6, 6.07) is 17.8. The van der Waals surface area contributed by atoms with Crippen molar-refractivity contribution in [3.05, 3.63) is 99.0 Å². The van der Waals surface area contributed by atoms with Gasteiger partial charge in [-0.05, 0) is 81.5 Å². The van der Waals surface area contributed by atoms with Crippen LogP contribution in [-0.4, -0.2) is 75.0 Å². The van der Waals surface area contributed by atoms with E-state index in [9.17, 15) is 22.8 Å². The Hall–Kier alpha value is -3.43. The van der Waals surface area contributed by atoms with Gasteiger partial charge >= 0.3 is 6.09 Å². The topological polar surface area (TPSA) is 152 Å². The number of halogens is 3. The number of hydrogen-bond donors (Lipinski definition) is 3. The van der Waals surface area contributed by atoms with Crippen molar-refractivity contribution in [1.82, 2.24) is 20.3 Å². The summed E-state index contributed by atoms with van der Waals surface area (Å²) in [4.78, 5) is 43.3. The number of nitrogens with one attached hydrogen (secondary N) is 3. The first-order valence-electron chi connectivity index (χ1n) is 16.8. The Morgan fingerprint density at radius 2 is 1.54 bits per heavy atom. The molecular weight excluding hydrogens is 755 g/mol. The highest BCUT2D eigenvalue weighted by molar-refractivity contribution is 7.89. The van der Waals surface area contributed by atoms with Gasteiger partial charge in [-0.1, -0.05) is 77.3 Å². The predicted octanol–water partition coefficient (Wildman–Crippen LogP) is 6.08. The van der Waals surface area contributed by atoms with Gasteiger partial charge in [0.25, 0.3) is 5.91 Å². The molecule has 52 heavy (non-hydrogen) atoms. The smallest absolute Gasteiger partial charge is 0.409 e. The normalized spacial score (nSPS) is 14.9. The minimum Gasteiger partial charge on any atom is -0.445 e. The minimum atomic E-state index is -4.61. The molecule has 4 rings (SSSR count). The van der Waals surface area contributed by atoms with Crippen LogP contribution in [0.5, 0.6) is 0 Å². The molecule has 3 aromatic carbocycles. The molecule has 0 aliphatic heterocycles. The van der Waals surface area contributed by atoms with Crippen molar-refractivity contribution in [3.8, 4) is 0 Å². The lowest BCUT2D eigenvalue weighted by molar-refractivity contribution is -0.166. The first kappa shape index (κ1) is 41.3. The van der Waals surface area contributed by atoms with Crippen molar-refractivity contribution in [2.45, 2.75) is 82.0 Å². The summed E-state index contributed by atoms with van der Waals surface area (Å²) in [5.41, 5.74) is -1.10. The Kier molecular flexibility index (Phi) is 15.1. The van der Waals surface area contributed by atoms with Gasteiger partial charge in [-0.15, -0.1) is 0 Å². The summed E-state index contributed by atoms with van der Waals surface area (Å²) in [6.45, 7) is 5.41. The first-order valence-corrected chi connectivity index (χ1v) is 19.4. The second kappa shape index (κ2) is 19.1. The van der Waals surface area contributed by atoms with Crippen molar-refractivity contribution < 1.29 is 37.0 Å². The van der Waals surface area contributed by atoms with E-state index in [2.05, 4.69) is 15.4 Å². The van der Waals surface area contributed by atoms with E-state index in [1.807, 2.05) is 13.8 Å². The molecule has 3 N–H and O–H groups in total. The zero-order valence-electron chi connectivity index (χ0n) is 29.1. The fourth-order valence-corrected chi connectivity index (χ4v) is 7.66. The van der Waals surface area contributed by atoms with Crippen LogP contribution in [-0.2, 0) is 46.9 Å². The van der Waals surface area contributed by atoms with Crippen molar-refractivity contribution in [2.75, 3.05) is 19.8 Å². The van der Waals surface area contributed by atoms with Crippen LogP contribution in [0.3, 0.4) is 0 Å². The van der Waals surface area contributed by atoms with Crippen LogP contribution >= 0.6 is 34.8 Å². The minimum absolute atomic E-state index is 0.00317. The third-order valence-electron chi connectivity index (χ3n) is 8.35. The number of carbonyl (C=O) groups excluding carboxylic acids is 3. The fourth-order valence-electron chi connectivity index (χ4n) is 5.47. The predicted molar refractivity (Wildman–Crippen MR) is 198 cm³/mol. The Morgan fingerprint density at radius 1 is 0.904 bits per heavy atom. The Morgan fingerprint density at radius 3 is 2.12 bits per heavy atom. The second-order valence-corrected chi connectivity index (χ2v) is 15.2. The van der Waals surface area contributed by atoms with Gasteiger partial charge < -0.3 is 24.4 Å². The highest BCUT2D eigenvalue weighted by Gasteiger charge is 2.43. The number of sulfonamides is 1. The van der Waals surface area contributed by atoms with Crippen molar-refractivity contribution in [2.24, 2.45) is 0 Å². The molecule has 0 aromatic heterocycles. The van der Waals surface area contributed by atoms with Crippen LogP contribution in [0.2, 0.25) is 15.1 Å². The number of rotatable bonds is 18. The van der Waals surface area contributed by atoms with Gasteiger partial charge in [-0.25, -0.2) is 13.2 Å². The van der Waals surface area contributed by atoms with Gasteiger partial charge in [0.15, 0.2) is 12.0 Å². The maximum Gasteiger partial charge on any atom is 0.409 e. The molecule has 3 aromatic rings. The molecule has 1 fully saturated rings. The number of hydrogen-bond acceptors (Lipinski definition) is 8. The van der Waals surface area contributed by atoms with Crippen molar-refractivity contribution >= 4 is 62.7 Å². The standard InChI is InChI=1S/C36H43Cl3N4O8S/c1-4-49-32(50-5-2)22-43(28-12-9-13-28)33(44)30(20-24-14-16-26(37)17-15-24)40-34(45)36(3,41-35(46)51-23-25-10-7-6-8-11-25)42-52(47,48)31-19-18-27(38)21-29(31)39/h6-8,10-11,14-19,21,28,30,32,42H,4-5,9,12-13,20,22-23H2,1-3H3,(H,40,45)(H,41,46). The van der Waals surface area contributed by atoms with Crippen molar-refractivity contribution in [1.29, 1.82) is 0 Å². The van der Waals surface area contributed by atoms with E-state index >= 15 is 0 Å². The average Bonchev–Trinajstić information content (AvgIpc) is 3.06. The van der Waals surface area contributed by atoms with E-state index < -0.39 is 50.8 Å². The maximum atomic E-state index is 14.5. The van der Waals surface area contributed by atoms with E-state index in [1.165, 1.54) is 12.1 Å². The number of ether oxygens (including phenoxy) is 3. The van der Waals surface area contributed by atoms with Crippen LogP contribution in [0.4, 0.5) is 4.79 Å². The van der Waals surface area contributed by atoms with E-state index in [0.29, 0.717) is 29.4 Å². The molecule has 3 amide bonds. The molecule has 0 saturated heterocycles. The van der Waals surface area contributed by atoms with E-state index in [1.54, 1.807) is 59.5 Å². The Labute approximate surface area is 319 Å². The fraction of sp³-hybridized carbons (Fsp3) is 0.417. The molecule has 0 radical (unpaired) electrons. The quantitative estimate of drug-likeness (QED) is 0.131. The Bertz CT molecular complexity index is 1780. The van der Waals surface area contributed by atoms with E-state index in [0.717, 1.165) is 32.3 Å². The third-order valence-corrected chi connectivity index (χ3v) is 10.9. The van der Waals surface area contributed by atoms with Gasteiger partial charge in [0, 0.05) is 35.7 Å². The van der Waals surface area contributed by atoms with Gasteiger partial charge in [0.1, 0.15) is 17.5 Å². The zero-order valence-corrected chi connectivity index (χ0v) is 32.2. The molecule has 1 aliphatic carbocycles.